The highest BCUT2D eigenvalue weighted by atomic mass is 32.2. The van der Waals surface area contributed by atoms with Gasteiger partial charge in [-0.05, 0) is 6.07 Å². The standard InChI is InChI=1S/C12H11N7O2S/c13-12-18-10-9(15-5-16-10)11(19-12)22-4-8(21)17-7-3-6(20)1-2-14-7/h1-3,5H,4H2,(H2,14,17,20,21)(H3,13,15,16,18,19). The van der Waals surface area contributed by atoms with Gasteiger partial charge in [-0.25, -0.2) is 15.0 Å². The monoisotopic (exact) mass is 317 g/mol. The number of H-pyrrole nitrogens is 1. The van der Waals surface area contributed by atoms with Gasteiger partial charge >= 0.3 is 0 Å². The van der Waals surface area contributed by atoms with Crippen molar-refractivity contribution in [2.75, 3.05) is 16.8 Å². The summed E-state index contributed by atoms with van der Waals surface area (Å²) in [6.45, 7) is 0. The first-order chi connectivity index (χ1) is 10.6. The minimum absolute atomic E-state index is 0.0284. The summed E-state index contributed by atoms with van der Waals surface area (Å²) in [6.07, 6.45) is 2.89. The van der Waals surface area contributed by atoms with Crippen LogP contribution in [-0.4, -0.2) is 41.7 Å². The fourth-order valence-electron chi connectivity index (χ4n) is 1.73. The maximum absolute atomic E-state index is 11.9. The van der Waals surface area contributed by atoms with Crippen molar-refractivity contribution in [3.05, 3.63) is 24.7 Å². The molecule has 22 heavy (non-hydrogen) atoms. The van der Waals surface area contributed by atoms with Crippen LogP contribution in [0.25, 0.3) is 11.2 Å². The van der Waals surface area contributed by atoms with Crippen molar-refractivity contribution in [2.45, 2.75) is 5.03 Å². The highest BCUT2D eigenvalue weighted by Crippen LogP contribution is 2.23. The van der Waals surface area contributed by atoms with E-state index in [9.17, 15) is 9.90 Å². The summed E-state index contributed by atoms with van der Waals surface area (Å²) < 4.78 is 0. The lowest BCUT2D eigenvalue weighted by Crippen LogP contribution is -2.15. The van der Waals surface area contributed by atoms with Crippen LogP contribution < -0.4 is 11.1 Å². The second-order valence-corrected chi connectivity index (χ2v) is 5.19. The molecule has 0 spiro atoms. The molecular formula is C12H11N7O2S. The summed E-state index contributed by atoms with van der Waals surface area (Å²) in [5.74, 6) is 0.215. The highest BCUT2D eigenvalue weighted by Gasteiger charge is 2.12. The average Bonchev–Trinajstić information content (AvgIpc) is 2.93. The van der Waals surface area contributed by atoms with Gasteiger partial charge in [0.05, 0.1) is 12.1 Å². The Kier molecular flexibility index (Phi) is 3.74. The Balaban J connectivity index is 1.68. The first kappa shape index (κ1) is 14.1. The third-order valence-electron chi connectivity index (χ3n) is 2.62. The number of nitrogens with zero attached hydrogens (tertiary/aromatic N) is 4. The Labute approximate surface area is 128 Å². The Morgan fingerprint density at radius 3 is 3.09 bits per heavy atom. The second-order valence-electron chi connectivity index (χ2n) is 4.22. The Morgan fingerprint density at radius 2 is 2.27 bits per heavy atom. The normalized spacial score (nSPS) is 10.7. The zero-order chi connectivity index (χ0) is 15.5. The van der Waals surface area contributed by atoms with Gasteiger partial charge in [0.15, 0.2) is 5.65 Å². The molecule has 3 aromatic heterocycles. The van der Waals surface area contributed by atoms with Crippen molar-refractivity contribution in [3.63, 3.8) is 0 Å². The number of pyridine rings is 1. The second kappa shape index (κ2) is 5.85. The molecule has 3 heterocycles. The summed E-state index contributed by atoms with van der Waals surface area (Å²) in [6, 6.07) is 2.78. The molecule has 112 valence electrons. The number of aromatic hydroxyl groups is 1. The van der Waals surface area contributed by atoms with Gasteiger partial charge in [0.1, 0.15) is 22.1 Å². The number of thioether (sulfide) groups is 1. The number of nitrogens with two attached hydrogens (primary N) is 1. The number of carbonyl (C=O) groups is 1. The lowest BCUT2D eigenvalue weighted by atomic mass is 10.4. The fourth-order valence-corrected chi connectivity index (χ4v) is 2.52. The summed E-state index contributed by atoms with van der Waals surface area (Å²) in [5, 5.41) is 12.4. The third-order valence-corrected chi connectivity index (χ3v) is 3.60. The van der Waals surface area contributed by atoms with Crippen LogP contribution in [0.2, 0.25) is 0 Å². The van der Waals surface area contributed by atoms with Gasteiger partial charge < -0.3 is 21.1 Å². The molecule has 0 saturated carbocycles. The van der Waals surface area contributed by atoms with Crippen LogP contribution in [0.5, 0.6) is 5.75 Å². The maximum atomic E-state index is 11.9. The number of nitrogen functional groups attached to an aromatic ring is 1. The molecule has 0 radical (unpaired) electrons. The number of hydrogen-bond donors (Lipinski definition) is 4. The van der Waals surface area contributed by atoms with Crippen LogP contribution in [0.4, 0.5) is 11.8 Å². The number of amides is 1. The minimum atomic E-state index is -0.284. The molecule has 0 atom stereocenters. The van der Waals surface area contributed by atoms with Crippen molar-refractivity contribution in [3.8, 4) is 5.75 Å². The van der Waals surface area contributed by atoms with E-state index in [4.69, 9.17) is 5.73 Å². The molecule has 9 nitrogen and oxygen atoms in total. The maximum Gasteiger partial charge on any atom is 0.235 e. The average molecular weight is 317 g/mol. The smallest absolute Gasteiger partial charge is 0.235 e. The SMILES string of the molecule is Nc1nc(SCC(=O)Nc2cc(O)ccn2)c2[nH]cnc2n1. The molecule has 0 aromatic carbocycles. The van der Waals surface area contributed by atoms with E-state index in [1.54, 1.807) is 0 Å². The summed E-state index contributed by atoms with van der Waals surface area (Å²) in [4.78, 5) is 30.8. The van der Waals surface area contributed by atoms with E-state index in [0.717, 1.165) is 0 Å². The number of aromatic amines is 1. The molecule has 0 fully saturated rings. The molecule has 3 rings (SSSR count). The van der Waals surface area contributed by atoms with Crippen LogP contribution in [0.1, 0.15) is 0 Å². The molecule has 0 saturated heterocycles. The highest BCUT2D eigenvalue weighted by molar-refractivity contribution is 8.00. The van der Waals surface area contributed by atoms with Crippen LogP contribution in [-0.2, 0) is 4.79 Å². The summed E-state index contributed by atoms with van der Waals surface area (Å²) in [5.41, 5.74) is 6.68. The number of aromatic nitrogens is 5. The van der Waals surface area contributed by atoms with Crippen LogP contribution in [0.3, 0.4) is 0 Å². The molecule has 10 heteroatoms. The quantitative estimate of drug-likeness (QED) is 0.408. The van der Waals surface area contributed by atoms with E-state index < -0.39 is 0 Å². The number of carbonyl (C=O) groups excluding carboxylic acids is 1. The Morgan fingerprint density at radius 1 is 1.41 bits per heavy atom. The summed E-state index contributed by atoms with van der Waals surface area (Å²) >= 11 is 1.20. The number of rotatable bonds is 4. The predicted octanol–water partition coefficient (Wildman–Crippen LogP) is 0.766. The van der Waals surface area contributed by atoms with Crippen molar-refractivity contribution in [2.24, 2.45) is 0 Å². The molecule has 0 aliphatic rings. The van der Waals surface area contributed by atoms with E-state index in [2.05, 4.69) is 30.2 Å². The molecule has 0 unspecified atom stereocenters. The van der Waals surface area contributed by atoms with Gasteiger partial charge in [0.25, 0.3) is 0 Å². The molecule has 0 bridgehead atoms. The van der Waals surface area contributed by atoms with Crippen LogP contribution in [0.15, 0.2) is 29.7 Å². The van der Waals surface area contributed by atoms with Gasteiger partial charge in [0.2, 0.25) is 11.9 Å². The predicted molar refractivity (Wildman–Crippen MR) is 81.4 cm³/mol. The molecule has 5 N–H and O–H groups in total. The zero-order valence-electron chi connectivity index (χ0n) is 11.1. The van der Waals surface area contributed by atoms with Gasteiger partial charge in [-0.3, -0.25) is 4.79 Å². The molecule has 3 aromatic rings. The molecule has 1 amide bonds. The minimum Gasteiger partial charge on any atom is -0.508 e. The third kappa shape index (κ3) is 3.06. The largest absolute Gasteiger partial charge is 0.508 e. The van der Waals surface area contributed by atoms with Crippen molar-refractivity contribution >= 4 is 40.6 Å². The fraction of sp³-hybridized carbons (Fsp3) is 0.0833. The number of anilines is 2. The van der Waals surface area contributed by atoms with Gasteiger partial charge in [-0.2, -0.15) is 4.98 Å². The van der Waals surface area contributed by atoms with Crippen molar-refractivity contribution in [1.82, 2.24) is 24.9 Å². The van der Waals surface area contributed by atoms with E-state index in [1.165, 1.54) is 36.4 Å². The molecule has 0 aliphatic carbocycles. The van der Waals surface area contributed by atoms with E-state index in [1.807, 2.05) is 0 Å². The Hall–Kier alpha value is -2.88. The first-order valence-corrected chi connectivity index (χ1v) is 7.14. The summed E-state index contributed by atoms with van der Waals surface area (Å²) in [7, 11) is 0. The molecule has 0 aliphatic heterocycles. The van der Waals surface area contributed by atoms with Crippen molar-refractivity contribution < 1.29 is 9.90 Å². The van der Waals surface area contributed by atoms with Gasteiger partial charge in [-0.1, -0.05) is 11.8 Å². The number of nitrogens with one attached hydrogen (secondary N) is 2. The lowest BCUT2D eigenvalue weighted by molar-refractivity contribution is -0.113. The Bertz CT molecular complexity index is 835. The van der Waals surface area contributed by atoms with E-state index in [0.29, 0.717) is 16.2 Å². The first-order valence-electron chi connectivity index (χ1n) is 6.16. The zero-order valence-corrected chi connectivity index (χ0v) is 12.0. The van der Waals surface area contributed by atoms with Crippen LogP contribution >= 0.6 is 11.8 Å². The van der Waals surface area contributed by atoms with E-state index in [-0.39, 0.29) is 29.2 Å². The van der Waals surface area contributed by atoms with Gasteiger partial charge in [0, 0.05) is 12.3 Å². The topological polar surface area (TPSA) is 143 Å². The molecular weight excluding hydrogens is 306 g/mol. The van der Waals surface area contributed by atoms with E-state index >= 15 is 0 Å². The van der Waals surface area contributed by atoms with Crippen molar-refractivity contribution in [1.29, 1.82) is 0 Å². The number of imidazole rings is 1. The lowest BCUT2D eigenvalue weighted by Gasteiger charge is -2.05. The number of hydrogen-bond acceptors (Lipinski definition) is 8. The van der Waals surface area contributed by atoms with Gasteiger partial charge in [-0.15, -0.1) is 0 Å². The number of fused-ring (bicyclic) bond motifs is 1. The van der Waals surface area contributed by atoms with Crippen LogP contribution in [0, 0.1) is 0 Å².